The van der Waals surface area contributed by atoms with Gasteiger partial charge in [0.25, 0.3) is 0 Å². The highest BCUT2D eigenvalue weighted by Crippen LogP contribution is 2.16. The molecule has 0 radical (unpaired) electrons. The molecule has 1 aromatic rings. The van der Waals surface area contributed by atoms with E-state index in [2.05, 4.69) is 15.5 Å². The molecule has 1 heterocycles. The van der Waals surface area contributed by atoms with Gasteiger partial charge in [-0.05, 0) is 57.6 Å². The van der Waals surface area contributed by atoms with Gasteiger partial charge in [-0.2, -0.15) is 0 Å². The first-order valence-corrected chi connectivity index (χ1v) is 7.10. The highest BCUT2D eigenvalue weighted by molar-refractivity contribution is 5.92. The largest absolute Gasteiger partial charge is 0.322 e. The first-order valence-electron chi connectivity index (χ1n) is 7.10. The fraction of sp³-hybridized carbons (Fsp3) is 0.533. The molecule has 1 aliphatic heterocycles. The number of benzene rings is 1. The quantitative estimate of drug-likeness (QED) is 0.862. The lowest BCUT2D eigenvalue weighted by Gasteiger charge is -2.31. The number of hydrogen-bond acceptors (Lipinski definition) is 3. The molecule has 0 aliphatic carbocycles. The van der Waals surface area contributed by atoms with E-state index in [9.17, 15) is 9.18 Å². The standard InChI is InChI=1S/C15H22FN3O/c1-17-10-12-6-8-19(9-7-12)11-15(20)18-14-5-3-2-4-13(14)16/h2-5,12,17H,6-11H2,1H3,(H,18,20). The van der Waals surface area contributed by atoms with Crippen LogP contribution >= 0.6 is 0 Å². The number of anilines is 1. The monoisotopic (exact) mass is 279 g/mol. The van der Waals surface area contributed by atoms with Gasteiger partial charge in [0.15, 0.2) is 0 Å². The van der Waals surface area contributed by atoms with Crippen molar-refractivity contribution in [1.82, 2.24) is 10.2 Å². The third-order valence-electron chi connectivity index (χ3n) is 3.72. The van der Waals surface area contributed by atoms with Crippen molar-refractivity contribution in [3.8, 4) is 0 Å². The summed E-state index contributed by atoms with van der Waals surface area (Å²) >= 11 is 0. The highest BCUT2D eigenvalue weighted by atomic mass is 19.1. The maximum Gasteiger partial charge on any atom is 0.238 e. The molecular weight excluding hydrogens is 257 g/mol. The van der Waals surface area contributed by atoms with Gasteiger partial charge in [0.05, 0.1) is 12.2 Å². The molecule has 0 bridgehead atoms. The number of likely N-dealkylation sites (tertiary alicyclic amines) is 1. The summed E-state index contributed by atoms with van der Waals surface area (Å²) in [4.78, 5) is 14.0. The minimum atomic E-state index is -0.395. The van der Waals surface area contributed by atoms with Gasteiger partial charge in [-0.25, -0.2) is 4.39 Å². The van der Waals surface area contributed by atoms with Crippen LogP contribution in [0.3, 0.4) is 0 Å². The summed E-state index contributed by atoms with van der Waals surface area (Å²) in [6, 6.07) is 6.24. The molecule has 1 fully saturated rings. The van der Waals surface area contributed by atoms with E-state index in [0.29, 0.717) is 12.5 Å². The smallest absolute Gasteiger partial charge is 0.238 e. The van der Waals surface area contributed by atoms with Gasteiger partial charge >= 0.3 is 0 Å². The van der Waals surface area contributed by atoms with Crippen molar-refractivity contribution in [2.45, 2.75) is 12.8 Å². The first kappa shape index (κ1) is 14.9. The fourth-order valence-electron chi connectivity index (χ4n) is 2.59. The Kier molecular flexibility index (Phi) is 5.49. The van der Waals surface area contributed by atoms with Crippen molar-refractivity contribution in [2.24, 2.45) is 5.92 Å². The van der Waals surface area contributed by atoms with Crippen LogP contribution < -0.4 is 10.6 Å². The normalized spacial score (nSPS) is 17.1. The number of hydrogen-bond donors (Lipinski definition) is 2. The molecule has 110 valence electrons. The van der Waals surface area contributed by atoms with Gasteiger partial charge in [-0.3, -0.25) is 9.69 Å². The van der Waals surface area contributed by atoms with Crippen LogP contribution in [-0.2, 0) is 4.79 Å². The summed E-state index contributed by atoms with van der Waals surface area (Å²) in [5.74, 6) is 0.154. The van der Waals surface area contributed by atoms with Crippen LogP contribution in [0.15, 0.2) is 24.3 Å². The summed E-state index contributed by atoms with van der Waals surface area (Å²) < 4.78 is 13.4. The molecule has 0 saturated carbocycles. The van der Waals surface area contributed by atoms with Crippen molar-refractivity contribution < 1.29 is 9.18 Å². The Morgan fingerprint density at radius 2 is 2.05 bits per heavy atom. The van der Waals surface area contributed by atoms with E-state index in [1.807, 2.05) is 7.05 Å². The van der Waals surface area contributed by atoms with Crippen LogP contribution in [-0.4, -0.2) is 44.0 Å². The van der Waals surface area contributed by atoms with Crippen LogP contribution in [0.4, 0.5) is 10.1 Å². The predicted molar refractivity (Wildman–Crippen MR) is 78.1 cm³/mol. The van der Waals surface area contributed by atoms with Crippen molar-refractivity contribution in [2.75, 3.05) is 38.5 Å². The lowest BCUT2D eigenvalue weighted by Crippen LogP contribution is -2.40. The van der Waals surface area contributed by atoms with Gasteiger partial charge in [-0.15, -0.1) is 0 Å². The number of nitrogens with zero attached hydrogens (tertiary/aromatic N) is 1. The SMILES string of the molecule is CNCC1CCN(CC(=O)Nc2ccccc2F)CC1. The molecule has 0 atom stereocenters. The zero-order chi connectivity index (χ0) is 14.4. The average Bonchev–Trinajstić information content (AvgIpc) is 2.44. The number of para-hydroxylation sites is 1. The Hall–Kier alpha value is -1.46. The van der Waals surface area contributed by atoms with Gasteiger partial charge in [0.2, 0.25) is 5.91 Å². The molecule has 2 rings (SSSR count). The first-order chi connectivity index (χ1) is 9.69. The summed E-state index contributed by atoms with van der Waals surface area (Å²) in [5.41, 5.74) is 0.252. The zero-order valence-corrected chi connectivity index (χ0v) is 11.9. The zero-order valence-electron chi connectivity index (χ0n) is 11.9. The number of piperidine rings is 1. The Morgan fingerprint density at radius 1 is 1.35 bits per heavy atom. The minimum Gasteiger partial charge on any atom is -0.322 e. The van der Waals surface area contributed by atoms with E-state index < -0.39 is 5.82 Å². The lowest BCUT2D eigenvalue weighted by molar-refractivity contribution is -0.117. The van der Waals surface area contributed by atoms with Crippen LogP contribution in [0.5, 0.6) is 0 Å². The second kappa shape index (κ2) is 7.36. The van der Waals surface area contributed by atoms with Gasteiger partial charge < -0.3 is 10.6 Å². The van der Waals surface area contributed by atoms with Crippen LogP contribution in [0.1, 0.15) is 12.8 Å². The van der Waals surface area contributed by atoms with Crippen molar-refractivity contribution in [3.05, 3.63) is 30.1 Å². The molecule has 20 heavy (non-hydrogen) atoms. The number of halogens is 1. The van der Waals surface area contributed by atoms with E-state index in [-0.39, 0.29) is 11.6 Å². The molecule has 1 amide bonds. The molecule has 1 aromatic carbocycles. The Balaban J connectivity index is 1.77. The van der Waals surface area contributed by atoms with Crippen LogP contribution in [0.2, 0.25) is 0 Å². The van der Waals surface area contributed by atoms with E-state index in [4.69, 9.17) is 0 Å². The van der Waals surface area contributed by atoms with Gasteiger partial charge in [0, 0.05) is 0 Å². The predicted octanol–water partition coefficient (Wildman–Crippen LogP) is 1.70. The molecule has 1 saturated heterocycles. The maximum absolute atomic E-state index is 13.4. The summed E-state index contributed by atoms with van der Waals surface area (Å²) in [6.45, 7) is 3.23. The van der Waals surface area contributed by atoms with Crippen LogP contribution in [0, 0.1) is 11.7 Å². The number of amides is 1. The van der Waals surface area contributed by atoms with Gasteiger partial charge in [-0.1, -0.05) is 12.1 Å². The third-order valence-corrected chi connectivity index (χ3v) is 3.72. The molecular formula is C15H22FN3O. The third kappa shape index (κ3) is 4.28. The molecule has 5 heteroatoms. The molecule has 1 aliphatic rings. The lowest BCUT2D eigenvalue weighted by atomic mass is 9.97. The number of carbonyl (C=O) groups excluding carboxylic acids is 1. The Bertz CT molecular complexity index is 444. The summed E-state index contributed by atoms with van der Waals surface area (Å²) in [7, 11) is 1.97. The number of nitrogens with one attached hydrogen (secondary N) is 2. The average molecular weight is 279 g/mol. The maximum atomic E-state index is 13.4. The molecule has 2 N–H and O–H groups in total. The van der Waals surface area contributed by atoms with Crippen molar-refractivity contribution >= 4 is 11.6 Å². The molecule has 0 aromatic heterocycles. The summed E-state index contributed by atoms with van der Waals surface area (Å²) in [6.07, 6.45) is 2.21. The number of carbonyl (C=O) groups is 1. The second-order valence-electron chi connectivity index (χ2n) is 5.31. The van der Waals surface area contributed by atoms with Crippen molar-refractivity contribution in [3.63, 3.8) is 0 Å². The highest BCUT2D eigenvalue weighted by Gasteiger charge is 2.20. The van der Waals surface area contributed by atoms with E-state index >= 15 is 0 Å². The molecule has 0 unspecified atom stereocenters. The Labute approximate surface area is 119 Å². The van der Waals surface area contributed by atoms with E-state index in [1.54, 1.807) is 18.2 Å². The fourth-order valence-corrected chi connectivity index (χ4v) is 2.59. The topological polar surface area (TPSA) is 44.4 Å². The van der Waals surface area contributed by atoms with Crippen LogP contribution in [0.25, 0.3) is 0 Å². The van der Waals surface area contributed by atoms with E-state index in [0.717, 1.165) is 32.5 Å². The Morgan fingerprint density at radius 3 is 2.70 bits per heavy atom. The molecule has 0 spiro atoms. The van der Waals surface area contributed by atoms with Crippen molar-refractivity contribution in [1.29, 1.82) is 0 Å². The van der Waals surface area contributed by atoms with Gasteiger partial charge in [0.1, 0.15) is 5.82 Å². The minimum absolute atomic E-state index is 0.151. The number of rotatable bonds is 5. The summed E-state index contributed by atoms with van der Waals surface area (Å²) in [5, 5.41) is 5.82. The second-order valence-corrected chi connectivity index (χ2v) is 5.31. The molecule has 4 nitrogen and oxygen atoms in total. The van der Waals surface area contributed by atoms with E-state index in [1.165, 1.54) is 6.07 Å².